The van der Waals surface area contributed by atoms with Gasteiger partial charge in [0, 0.05) is 63.5 Å². The van der Waals surface area contributed by atoms with Gasteiger partial charge in [0.15, 0.2) is 5.82 Å². The van der Waals surface area contributed by atoms with E-state index in [4.69, 9.17) is 0 Å². The third-order valence-corrected chi connectivity index (χ3v) is 12.4. The zero-order valence-corrected chi connectivity index (χ0v) is 31.7. The summed E-state index contributed by atoms with van der Waals surface area (Å²) in [6, 6.07) is 22.3. The lowest BCUT2D eigenvalue weighted by Gasteiger charge is -2.32. The number of amides is 3. The quantitative estimate of drug-likeness (QED) is 0.174. The number of nitrogens with zero attached hydrogens (tertiary/aromatic N) is 7. The maximum atomic E-state index is 13.6. The number of rotatable bonds is 9. The van der Waals surface area contributed by atoms with Gasteiger partial charge in [-0.25, -0.2) is 23.3 Å². The molecule has 5 heterocycles. The van der Waals surface area contributed by atoms with E-state index in [0.717, 1.165) is 71.8 Å². The first kappa shape index (κ1) is 37.7. The summed E-state index contributed by atoms with van der Waals surface area (Å²) in [4.78, 5) is 36.5. The van der Waals surface area contributed by atoms with Gasteiger partial charge in [-0.1, -0.05) is 42.5 Å². The van der Waals surface area contributed by atoms with Crippen molar-refractivity contribution in [3.63, 3.8) is 0 Å². The van der Waals surface area contributed by atoms with E-state index in [1.165, 1.54) is 16.0 Å². The SMILES string of the molecule is Cn1nc(N2CCC(=O)NC2=O)c2ccc(C3CCN(Cc4ccc(-c5cccc(S(=O)N6CCC(Nc7ncc(C(F)(F)F)cn7)CC6)c5)cc4)CC3)cc21. The van der Waals surface area contributed by atoms with Crippen LogP contribution in [0.2, 0.25) is 0 Å². The summed E-state index contributed by atoms with van der Waals surface area (Å²) in [7, 11) is 0.529. The van der Waals surface area contributed by atoms with Gasteiger partial charge in [-0.05, 0) is 91.2 Å². The van der Waals surface area contributed by atoms with Crippen molar-refractivity contribution < 1.29 is 27.0 Å². The second kappa shape index (κ2) is 15.7. The molecule has 0 aliphatic carbocycles. The first-order chi connectivity index (χ1) is 27.0. The van der Waals surface area contributed by atoms with E-state index >= 15 is 0 Å². The average molecular weight is 786 g/mol. The molecule has 16 heteroatoms. The summed E-state index contributed by atoms with van der Waals surface area (Å²) in [6.07, 6.45) is 0.717. The molecule has 3 fully saturated rings. The molecule has 3 aromatic carbocycles. The highest BCUT2D eigenvalue weighted by atomic mass is 32.2. The number of imide groups is 1. The Kier molecular flexibility index (Phi) is 10.6. The van der Waals surface area contributed by atoms with E-state index in [-0.39, 0.29) is 24.3 Å². The van der Waals surface area contributed by atoms with Gasteiger partial charge in [0.05, 0.1) is 16.0 Å². The van der Waals surface area contributed by atoms with E-state index in [0.29, 0.717) is 44.2 Å². The minimum Gasteiger partial charge on any atom is -0.351 e. The van der Waals surface area contributed by atoms with Gasteiger partial charge in [0.25, 0.3) is 0 Å². The highest BCUT2D eigenvalue weighted by Gasteiger charge is 2.32. The summed E-state index contributed by atoms with van der Waals surface area (Å²) < 4.78 is 55.8. The zero-order chi connectivity index (χ0) is 39.0. The van der Waals surface area contributed by atoms with Crippen molar-refractivity contribution >= 4 is 45.6 Å². The number of carbonyl (C=O) groups is 2. The summed E-state index contributed by atoms with van der Waals surface area (Å²) in [5, 5.41) is 11.0. The first-order valence-electron chi connectivity index (χ1n) is 18.8. The maximum Gasteiger partial charge on any atom is 0.419 e. The lowest BCUT2D eigenvalue weighted by molar-refractivity contribution is -0.138. The Hall–Kier alpha value is -5.19. The molecule has 2 N–H and O–H groups in total. The average Bonchev–Trinajstić information content (AvgIpc) is 3.53. The van der Waals surface area contributed by atoms with Crippen LogP contribution in [-0.2, 0) is 35.5 Å². The number of halogens is 3. The number of urea groups is 1. The number of aromatic nitrogens is 4. The highest BCUT2D eigenvalue weighted by molar-refractivity contribution is 7.82. The van der Waals surface area contributed by atoms with E-state index < -0.39 is 28.8 Å². The fourth-order valence-corrected chi connectivity index (χ4v) is 9.05. The van der Waals surface area contributed by atoms with Crippen LogP contribution < -0.4 is 15.5 Å². The van der Waals surface area contributed by atoms with Crippen molar-refractivity contribution in [2.75, 3.05) is 42.9 Å². The van der Waals surface area contributed by atoms with Gasteiger partial charge in [-0.15, -0.1) is 0 Å². The molecule has 1 atom stereocenters. The van der Waals surface area contributed by atoms with Crippen molar-refractivity contribution in [1.82, 2.24) is 34.3 Å². The number of benzene rings is 3. The Morgan fingerprint density at radius 2 is 1.61 bits per heavy atom. The minimum absolute atomic E-state index is 0.0270. The van der Waals surface area contributed by atoms with E-state index in [9.17, 15) is 27.0 Å². The lowest BCUT2D eigenvalue weighted by atomic mass is 9.88. The standard InChI is InChI=1S/C40H42F3N9O3S/c1-49-35-22-30(9-10-34(35)37(48-49)52-20-15-36(53)47-39(52)54)28-11-16-50(17-12-28)25-26-5-7-27(8-6-26)29-3-2-4-33(21-29)56(55)51-18-13-32(14-19-51)46-38-44-23-31(24-45-38)40(41,42)43/h2-10,21-24,28,32H,11-20,25H2,1H3,(H,44,45,46)(H,47,53,54). The number of likely N-dealkylation sites (tertiary alicyclic amines) is 1. The molecular formula is C40H42F3N9O3S. The lowest BCUT2D eigenvalue weighted by Crippen LogP contribution is -2.49. The topological polar surface area (TPSA) is 129 Å². The second-order valence-corrected chi connectivity index (χ2v) is 16.1. The fraction of sp³-hybridized carbons (Fsp3) is 0.375. The third kappa shape index (κ3) is 8.18. The Morgan fingerprint density at radius 3 is 2.30 bits per heavy atom. The van der Waals surface area contributed by atoms with E-state index in [1.807, 2.05) is 46.4 Å². The highest BCUT2D eigenvalue weighted by Crippen LogP contribution is 2.34. The molecule has 56 heavy (non-hydrogen) atoms. The molecule has 0 saturated carbocycles. The smallest absolute Gasteiger partial charge is 0.351 e. The number of hydrogen-bond acceptors (Lipinski definition) is 8. The number of hydrogen-bond donors (Lipinski definition) is 2. The second-order valence-electron chi connectivity index (χ2n) is 14.6. The Balaban J connectivity index is 0.827. The number of aryl methyl sites for hydroxylation is 1. The predicted octanol–water partition coefficient (Wildman–Crippen LogP) is 6.47. The molecule has 8 rings (SSSR count). The molecule has 0 radical (unpaired) electrons. The predicted molar refractivity (Wildman–Crippen MR) is 207 cm³/mol. The summed E-state index contributed by atoms with van der Waals surface area (Å²) in [5.41, 5.74) is 4.62. The van der Waals surface area contributed by atoms with Gasteiger partial charge in [0.1, 0.15) is 11.0 Å². The third-order valence-electron chi connectivity index (χ3n) is 11.0. The molecule has 2 aromatic heterocycles. The molecule has 292 valence electrons. The molecule has 1 unspecified atom stereocenters. The van der Waals surface area contributed by atoms with Crippen LogP contribution in [0.3, 0.4) is 0 Å². The zero-order valence-electron chi connectivity index (χ0n) is 30.8. The van der Waals surface area contributed by atoms with Crippen LogP contribution in [0.1, 0.15) is 54.7 Å². The molecule has 0 bridgehead atoms. The van der Waals surface area contributed by atoms with Crippen molar-refractivity contribution in [3.8, 4) is 11.1 Å². The van der Waals surface area contributed by atoms with Gasteiger partial charge in [-0.2, -0.15) is 18.3 Å². The van der Waals surface area contributed by atoms with E-state index in [1.54, 1.807) is 0 Å². The summed E-state index contributed by atoms with van der Waals surface area (Å²) in [6.45, 7) is 4.26. The van der Waals surface area contributed by atoms with Gasteiger partial charge in [-0.3, -0.25) is 24.6 Å². The number of piperidine rings is 2. The van der Waals surface area contributed by atoms with Crippen LogP contribution in [0.5, 0.6) is 0 Å². The van der Waals surface area contributed by atoms with Gasteiger partial charge >= 0.3 is 12.2 Å². The number of anilines is 2. The molecule has 3 saturated heterocycles. The number of alkyl halides is 3. The van der Waals surface area contributed by atoms with Crippen molar-refractivity contribution in [2.45, 2.75) is 61.7 Å². The Morgan fingerprint density at radius 1 is 0.875 bits per heavy atom. The van der Waals surface area contributed by atoms with Crippen LogP contribution in [0, 0.1) is 0 Å². The number of carbonyl (C=O) groups excluding carboxylic acids is 2. The van der Waals surface area contributed by atoms with Crippen LogP contribution >= 0.6 is 0 Å². The van der Waals surface area contributed by atoms with Gasteiger partial charge < -0.3 is 5.32 Å². The van der Waals surface area contributed by atoms with Crippen molar-refractivity contribution in [2.24, 2.45) is 7.05 Å². The molecule has 5 aromatic rings. The Labute approximate surface area is 324 Å². The molecular weight excluding hydrogens is 744 g/mol. The van der Waals surface area contributed by atoms with E-state index in [2.05, 4.69) is 67.0 Å². The maximum absolute atomic E-state index is 13.6. The number of nitrogens with one attached hydrogen (secondary N) is 2. The molecule has 0 spiro atoms. The summed E-state index contributed by atoms with van der Waals surface area (Å²) in [5.74, 6) is 0.887. The monoisotopic (exact) mass is 785 g/mol. The van der Waals surface area contributed by atoms with Crippen molar-refractivity contribution in [3.05, 3.63) is 95.8 Å². The van der Waals surface area contributed by atoms with Crippen LogP contribution in [0.4, 0.5) is 29.7 Å². The van der Waals surface area contributed by atoms with Crippen LogP contribution in [0.15, 0.2) is 84.0 Å². The molecule has 12 nitrogen and oxygen atoms in total. The first-order valence-corrected chi connectivity index (χ1v) is 19.9. The van der Waals surface area contributed by atoms with Crippen molar-refractivity contribution in [1.29, 1.82) is 0 Å². The Bertz CT molecular complexity index is 2250. The normalized spacial score (nSPS) is 18.7. The van der Waals surface area contributed by atoms with Crippen LogP contribution in [0.25, 0.3) is 22.0 Å². The molecule has 3 aliphatic heterocycles. The van der Waals surface area contributed by atoms with Gasteiger partial charge in [0.2, 0.25) is 11.9 Å². The fourth-order valence-electron chi connectivity index (χ4n) is 7.79. The minimum atomic E-state index is -4.48. The largest absolute Gasteiger partial charge is 0.419 e. The molecule has 3 amide bonds. The summed E-state index contributed by atoms with van der Waals surface area (Å²) >= 11 is 0. The number of fused-ring (bicyclic) bond motifs is 1. The molecule has 3 aliphatic rings. The van der Waals surface area contributed by atoms with Crippen LogP contribution in [-0.4, -0.2) is 83.9 Å².